The Bertz CT molecular complexity index is 859. The van der Waals surface area contributed by atoms with Crippen molar-refractivity contribution in [2.24, 2.45) is 0 Å². The lowest BCUT2D eigenvalue weighted by Gasteiger charge is -2.29. The van der Waals surface area contributed by atoms with E-state index < -0.39 is 0 Å². The molecule has 0 unspecified atom stereocenters. The fourth-order valence-corrected chi connectivity index (χ4v) is 2.86. The molecule has 1 aliphatic heterocycles. The third-order valence-electron chi connectivity index (χ3n) is 4.41. The number of piperidine rings is 1. The van der Waals surface area contributed by atoms with Crippen molar-refractivity contribution in [3.63, 3.8) is 0 Å². The summed E-state index contributed by atoms with van der Waals surface area (Å²) in [7, 11) is 2.09. The number of hydrogen-bond donors (Lipinski definition) is 4. The van der Waals surface area contributed by atoms with Crippen LogP contribution in [0.4, 0.5) is 22.1 Å². The number of nitrogen functional groups attached to an aromatic ring is 2. The number of nitrogens with two attached hydrogens (primary N) is 2. The molecule has 0 saturated carbocycles. The minimum absolute atomic E-state index is 0.202. The summed E-state index contributed by atoms with van der Waals surface area (Å²) < 4.78 is 0. The Hall–Kier alpha value is -3.31. The van der Waals surface area contributed by atoms with E-state index in [1.165, 1.54) is 6.33 Å². The van der Waals surface area contributed by atoms with E-state index >= 15 is 0 Å². The van der Waals surface area contributed by atoms with Gasteiger partial charge >= 0.3 is 6.03 Å². The molecule has 8 heteroatoms. The van der Waals surface area contributed by atoms with Crippen LogP contribution in [0.5, 0.6) is 0 Å². The number of aromatic nitrogens is 2. The number of amides is 2. The number of hydrogen-bond acceptors (Lipinski definition) is 6. The van der Waals surface area contributed by atoms with Crippen LogP contribution in [0.25, 0.3) is 0 Å². The van der Waals surface area contributed by atoms with Crippen molar-refractivity contribution in [3.8, 4) is 11.8 Å². The van der Waals surface area contributed by atoms with Crippen molar-refractivity contribution >= 4 is 23.4 Å². The summed E-state index contributed by atoms with van der Waals surface area (Å²) >= 11 is 0. The Labute approximate surface area is 158 Å². The molecule has 0 spiro atoms. The number of nitrogens with one attached hydrogen (secondary N) is 2. The number of anilines is 3. The highest BCUT2D eigenvalue weighted by atomic mass is 16.2. The molecule has 8 nitrogen and oxygen atoms in total. The molecule has 6 N–H and O–H groups in total. The standard InChI is InChI=1S/C19H23N7O/c1-26-9-7-14(8-10-26)24-19(27)25-15-4-2-3-13(11-15)5-6-16-17(20)22-12-23-18(16)21/h2-4,11-12,14H,7-10H2,1H3,(H2,24,25,27)(H4,20,21,22,23). The Morgan fingerprint density at radius 2 is 1.89 bits per heavy atom. The molecule has 1 aromatic carbocycles. The second kappa shape index (κ2) is 8.38. The van der Waals surface area contributed by atoms with E-state index in [9.17, 15) is 4.79 Å². The zero-order chi connectivity index (χ0) is 19.2. The van der Waals surface area contributed by atoms with Gasteiger partial charge in [0.2, 0.25) is 0 Å². The summed E-state index contributed by atoms with van der Waals surface area (Å²) in [5, 5.41) is 5.87. The van der Waals surface area contributed by atoms with Crippen molar-refractivity contribution in [1.29, 1.82) is 0 Å². The van der Waals surface area contributed by atoms with E-state index in [4.69, 9.17) is 11.5 Å². The maximum Gasteiger partial charge on any atom is 0.319 e. The topological polar surface area (TPSA) is 122 Å². The van der Waals surface area contributed by atoms with Gasteiger partial charge in [0.05, 0.1) is 0 Å². The third kappa shape index (κ3) is 5.09. The van der Waals surface area contributed by atoms with Gasteiger partial charge in [-0.3, -0.25) is 0 Å². The lowest BCUT2D eigenvalue weighted by atomic mass is 10.1. The fraction of sp³-hybridized carbons (Fsp3) is 0.316. The lowest BCUT2D eigenvalue weighted by molar-refractivity contribution is 0.221. The third-order valence-corrected chi connectivity index (χ3v) is 4.41. The average molecular weight is 365 g/mol. The van der Waals surface area contributed by atoms with Crippen LogP contribution < -0.4 is 22.1 Å². The summed E-state index contributed by atoms with van der Waals surface area (Å²) in [6, 6.07) is 7.26. The minimum atomic E-state index is -0.209. The van der Waals surface area contributed by atoms with Crippen LogP contribution in [0.15, 0.2) is 30.6 Å². The Morgan fingerprint density at radius 1 is 1.19 bits per heavy atom. The van der Waals surface area contributed by atoms with Crippen LogP contribution in [-0.4, -0.2) is 47.1 Å². The predicted molar refractivity (Wildman–Crippen MR) is 106 cm³/mol. The average Bonchev–Trinajstić information content (AvgIpc) is 2.63. The molecule has 1 aromatic heterocycles. The number of nitrogens with zero attached hydrogens (tertiary/aromatic N) is 3. The molecule has 1 fully saturated rings. The molecular formula is C19H23N7O. The van der Waals surface area contributed by atoms with Crippen molar-refractivity contribution in [2.45, 2.75) is 18.9 Å². The zero-order valence-electron chi connectivity index (χ0n) is 15.2. The molecule has 1 saturated heterocycles. The predicted octanol–water partition coefficient (Wildman–Crippen LogP) is 1.26. The lowest BCUT2D eigenvalue weighted by Crippen LogP contribution is -2.44. The van der Waals surface area contributed by atoms with Gasteiger partial charge in [0, 0.05) is 17.3 Å². The molecule has 2 amide bonds. The molecule has 0 aliphatic carbocycles. The van der Waals surface area contributed by atoms with Crippen molar-refractivity contribution in [1.82, 2.24) is 20.2 Å². The molecule has 2 aromatic rings. The molecular weight excluding hydrogens is 342 g/mol. The highest BCUT2D eigenvalue weighted by Crippen LogP contribution is 2.14. The summed E-state index contributed by atoms with van der Waals surface area (Å²) in [6.07, 6.45) is 3.21. The van der Waals surface area contributed by atoms with Gasteiger partial charge in [-0.2, -0.15) is 0 Å². The normalized spacial score (nSPS) is 14.9. The zero-order valence-corrected chi connectivity index (χ0v) is 15.2. The molecule has 140 valence electrons. The van der Waals surface area contributed by atoms with Crippen LogP contribution in [-0.2, 0) is 0 Å². The number of carbonyl (C=O) groups excluding carboxylic acids is 1. The van der Waals surface area contributed by atoms with E-state index in [1.54, 1.807) is 6.07 Å². The van der Waals surface area contributed by atoms with Gasteiger partial charge < -0.3 is 27.0 Å². The van der Waals surface area contributed by atoms with E-state index in [1.807, 2.05) is 18.2 Å². The van der Waals surface area contributed by atoms with Gasteiger partial charge in [0.25, 0.3) is 0 Å². The van der Waals surface area contributed by atoms with E-state index in [0.717, 1.165) is 31.5 Å². The molecule has 27 heavy (non-hydrogen) atoms. The summed E-state index contributed by atoms with van der Waals surface area (Å²) in [4.78, 5) is 22.3. The number of rotatable bonds is 2. The molecule has 2 heterocycles. The first-order valence-corrected chi connectivity index (χ1v) is 8.75. The molecule has 0 bridgehead atoms. The van der Waals surface area contributed by atoms with Crippen molar-refractivity contribution in [2.75, 3.05) is 36.9 Å². The number of urea groups is 1. The van der Waals surface area contributed by atoms with E-state index in [0.29, 0.717) is 11.3 Å². The summed E-state index contributed by atoms with van der Waals surface area (Å²) in [6.45, 7) is 1.98. The number of carbonyl (C=O) groups is 1. The van der Waals surface area contributed by atoms with Crippen LogP contribution >= 0.6 is 0 Å². The smallest absolute Gasteiger partial charge is 0.319 e. The Balaban J connectivity index is 1.64. The summed E-state index contributed by atoms with van der Waals surface area (Å²) in [5.41, 5.74) is 13.3. The summed E-state index contributed by atoms with van der Waals surface area (Å²) in [5.74, 6) is 6.34. The number of benzene rings is 1. The van der Waals surface area contributed by atoms with Crippen molar-refractivity contribution in [3.05, 3.63) is 41.7 Å². The van der Waals surface area contributed by atoms with Gasteiger partial charge in [-0.25, -0.2) is 14.8 Å². The molecule has 3 rings (SSSR count). The molecule has 0 radical (unpaired) electrons. The van der Waals surface area contributed by atoms with Crippen LogP contribution in [0.1, 0.15) is 24.0 Å². The van der Waals surface area contributed by atoms with E-state index in [-0.39, 0.29) is 23.7 Å². The first-order chi connectivity index (χ1) is 13.0. The van der Waals surface area contributed by atoms with E-state index in [2.05, 4.69) is 44.4 Å². The van der Waals surface area contributed by atoms with Crippen LogP contribution in [0.3, 0.4) is 0 Å². The SMILES string of the molecule is CN1CCC(NC(=O)Nc2cccc(C#Cc3c(N)ncnc3N)c2)CC1. The fourth-order valence-electron chi connectivity index (χ4n) is 2.86. The van der Waals surface area contributed by atoms with Gasteiger partial charge in [-0.1, -0.05) is 17.9 Å². The second-order valence-corrected chi connectivity index (χ2v) is 6.53. The largest absolute Gasteiger partial charge is 0.382 e. The van der Waals surface area contributed by atoms with Crippen LogP contribution in [0.2, 0.25) is 0 Å². The number of likely N-dealkylation sites (tertiary alicyclic amines) is 1. The quantitative estimate of drug-likeness (QED) is 0.594. The maximum absolute atomic E-state index is 12.2. The van der Waals surface area contributed by atoms with Gasteiger partial charge in [0.15, 0.2) is 0 Å². The molecule has 1 aliphatic rings. The van der Waals surface area contributed by atoms with Crippen LogP contribution in [0, 0.1) is 11.8 Å². The van der Waals surface area contributed by atoms with Gasteiger partial charge in [-0.15, -0.1) is 0 Å². The maximum atomic E-state index is 12.2. The first-order valence-electron chi connectivity index (χ1n) is 8.75. The minimum Gasteiger partial charge on any atom is -0.382 e. The second-order valence-electron chi connectivity index (χ2n) is 6.53. The highest BCUT2D eigenvalue weighted by Gasteiger charge is 2.18. The monoisotopic (exact) mass is 365 g/mol. The van der Waals surface area contributed by atoms with Crippen molar-refractivity contribution < 1.29 is 4.79 Å². The molecule has 0 atom stereocenters. The highest BCUT2D eigenvalue weighted by molar-refractivity contribution is 5.89. The Morgan fingerprint density at radius 3 is 2.59 bits per heavy atom. The van der Waals surface area contributed by atoms with Gasteiger partial charge in [-0.05, 0) is 51.2 Å². The van der Waals surface area contributed by atoms with Gasteiger partial charge in [0.1, 0.15) is 23.5 Å². The Kier molecular flexibility index (Phi) is 5.74. The first kappa shape index (κ1) is 18.5.